The predicted molar refractivity (Wildman–Crippen MR) is 71.6 cm³/mol. The van der Waals surface area contributed by atoms with Crippen LogP contribution in [0.3, 0.4) is 0 Å². The lowest BCUT2D eigenvalue weighted by Crippen LogP contribution is -2.14. The Bertz CT molecular complexity index is 694. The molecule has 2 heterocycles. The van der Waals surface area contributed by atoms with Crippen molar-refractivity contribution in [2.75, 3.05) is 12.1 Å². The molecule has 0 aromatic carbocycles. The Morgan fingerprint density at radius 3 is 2.85 bits per heavy atom. The van der Waals surface area contributed by atoms with Crippen LogP contribution in [-0.2, 0) is 9.30 Å². The molecule has 0 saturated heterocycles. The van der Waals surface area contributed by atoms with Crippen LogP contribution in [-0.4, -0.2) is 35.7 Å². The van der Waals surface area contributed by atoms with Gasteiger partial charge >= 0.3 is 7.60 Å². The van der Waals surface area contributed by atoms with Crippen molar-refractivity contribution in [2.45, 2.75) is 13.2 Å². The molecule has 2 aromatic heterocycles. The number of imidazole rings is 1. The second kappa shape index (κ2) is 5.29. The Labute approximate surface area is 114 Å². The highest BCUT2D eigenvalue weighted by Gasteiger charge is 2.22. The van der Waals surface area contributed by atoms with E-state index in [4.69, 9.17) is 20.3 Å². The summed E-state index contributed by atoms with van der Waals surface area (Å²) in [4.78, 5) is 29.7. The fourth-order valence-corrected chi connectivity index (χ4v) is 2.00. The molecule has 0 radical (unpaired) electrons. The van der Waals surface area contributed by atoms with Gasteiger partial charge in [0.05, 0.1) is 6.33 Å². The zero-order valence-corrected chi connectivity index (χ0v) is 11.6. The van der Waals surface area contributed by atoms with E-state index in [2.05, 4.69) is 21.5 Å². The summed E-state index contributed by atoms with van der Waals surface area (Å²) in [6.07, 6.45) is 1.15. The van der Waals surface area contributed by atoms with Gasteiger partial charge in [-0.25, -0.2) is 15.0 Å². The molecule has 10 heteroatoms. The molecule has 0 aliphatic carbocycles. The van der Waals surface area contributed by atoms with Gasteiger partial charge in [0, 0.05) is 0 Å². The van der Waals surface area contributed by atoms with Crippen LogP contribution < -0.4 is 5.73 Å². The zero-order chi connectivity index (χ0) is 14.9. The van der Waals surface area contributed by atoms with E-state index in [1.807, 2.05) is 0 Å². The van der Waals surface area contributed by atoms with E-state index in [-0.39, 0.29) is 5.82 Å². The van der Waals surface area contributed by atoms with Gasteiger partial charge in [0.15, 0.2) is 24.0 Å². The van der Waals surface area contributed by atoms with Gasteiger partial charge in [0.2, 0.25) is 0 Å². The molecule has 0 amide bonds. The maximum Gasteiger partial charge on any atom is 0.351 e. The Morgan fingerprint density at radius 2 is 2.25 bits per heavy atom. The quantitative estimate of drug-likeness (QED) is 0.540. The molecule has 20 heavy (non-hydrogen) atoms. The molecule has 0 saturated carbocycles. The van der Waals surface area contributed by atoms with E-state index in [0.29, 0.717) is 16.7 Å². The summed E-state index contributed by atoms with van der Waals surface area (Å²) in [5.74, 6) is 0.212. The van der Waals surface area contributed by atoms with Crippen LogP contribution in [0.2, 0.25) is 0 Å². The van der Waals surface area contributed by atoms with E-state index in [1.54, 1.807) is 6.92 Å². The van der Waals surface area contributed by atoms with Crippen molar-refractivity contribution in [3.8, 4) is 0 Å². The molecular weight excluding hydrogens is 285 g/mol. The van der Waals surface area contributed by atoms with Gasteiger partial charge in [-0.1, -0.05) is 6.58 Å². The first-order valence-corrected chi connectivity index (χ1v) is 7.34. The average Bonchev–Trinajstić information content (AvgIpc) is 2.73. The highest BCUT2D eigenvalue weighted by atomic mass is 31.2. The number of fused-ring (bicyclic) bond motifs is 1. The maximum absolute atomic E-state index is 10.9. The molecule has 9 nitrogen and oxygen atoms in total. The van der Waals surface area contributed by atoms with Crippen LogP contribution in [0.5, 0.6) is 0 Å². The summed E-state index contributed by atoms with van der Waals surface area (Å²) < 4.78 is 17.6. The van der Waals surface area contributed by atoms with Gasteiger partial charge < -0.3 is 20.3 Å². The van der Waals surface area contributed by atoms with Crippen molar-refractivity contribution in [3.63, 3.8) is 0 Å². The molecular formula is C10H14N5O4P. The minimum atomic E-state index is -4.29. The minimum absolute atomic E-state index is 0.212. The summed E-state index contributed by atoms with van der Waals surface area (Å²) >= 11 is 0. The smallest absolute Gasteiger partial charge is 0.351 e. The normalized spacial score (nSPS) is 13.6. The standard InChI is InChI=1S/C10H14N5O4P/c1-6(2)10(19-5-20(16,17)18)15-4-14-7-8(11)12-3-13-9(7)15/h3-4,10H,1,5H2,2H3,(H2,11,12,13)(H2,16,17,18). The van der Waals surface area contributed by atoms with Gasteiger partial charge in [0.25, 0.3) is 0 Å². The lowest BCUT2D eigenvalue weighted by atomic mass is 10.3. The van der Waals surface area contributed by atoms with Gasteiger partial charge in [-0.2, -0.15) is 0 Å². The molecule has 1 atom stereocenters. The highest BCUT2D eigenvalue weighted by molar-refractivity contribution is 7.51. The van der Waals surface area contributed by atoms with E-state index in [0.717, 1.165) is 0 Å². The molecule has 1 unspecified atom stereocenters. The molecule has 0 aliphatic rings. The molecule has 0 spiro atoms. The number of anilines is 1. The number of ether oxygens (including phenoxy) is 1. The number of nitrogen functional groups attached to an aromatic ring is 1. The van der Waals surface area contributed by atoms with E-state index < -0.39 is 20.2 Å². The lowest BCUT2D eigenvalue weighted by Gasteiger charge is -2.20. The van der Waals surface area contributed by atoms with Crippen molar-refractivity contribution in [1.82, 2.24) is 19.5 Å². The Balaban J connectivity index is 2.40. The largest absolute Gasteiger partial charge is 0.382 e. The van der Waals surface area contributed by atoms with Crippen molar-refractivity contribution in [1.29, 1.82) is 0 Å². The molecule has 4 N–H and O–H groups in total. The third-order valence-corrected chi connectivity index (χ3v) is 2.95. The van der Waals surface area contributed by atoms with Crippen LogP contribution in [0, 0.1) is 0 Å². The van der Waals surface area contributed by atoms with Gasteiger partial charge in [0.1, 0.15) is 11.8 Å². The molecule has 0 fully saturated rings. The molecule has 0 aliphatic heterocycles. The van der Waals surface area contributed by atoms with E-state index in [1.165, 1.54) is 17.2 Å². The van der Waals surface area contributed by atoms with Gasteiger partial charge in [-0.15, -0.1) is 0 Å². The molecule has 0 bridgehead atoms. The average molecular weight is 299 g/mol. The third kappa shape index (κ3) is 3.02. The second-order valence-corrected chi connectivity index (χ2v) is 5.83. The fraction of sp³-hybridized carbons (Fsp3) is 0.300. The van der Waals surface area contributed by atoms with Crippen molar-refractivity contribution < 1.29 is 19.1 Å². The van der Waals surface area contributed by atoms with Crippen LogP contribution in [0.25, 0.3) is 11.2 Å². The van der Waals surface area contributed by atoms with Crippen LogP contribution >= 0.6 is 7.60 Å². The topological polar surface area (TPSA) is 136 Å². The molecule has 2 aromatic rings. The van der Waals surface area contributed by atoms with E-state index >= 15 is 0 Å². The predicted octanol–water partition coefficient (Wildman–Crippen LogP) is 0.635. The van der Waals surface area contributed by atoms with Crippen molar-refractivity contribution >= 4 is 24.6 Å². The van der Waals surface area contributed by atoms with Gasteiger partial charge in [-0.3, -0.25) is 9.13 Å². The fourth-order valence-electron chi connectivity index (χ4n) is 1.67. The first-order chi connectivity index (χ1) is 9.29. The highest BCUT2D eigenvalue weighted by Crippen LogP contribution is 2.37. The Hall–Kier alpha value is -1.80. The summed E-state index contributed by atoms with van der Waals surface area (Å²) in [5.41, 5.74) is 7.00. The number of rotatable bonds is 5. The second-order valence-electron chi connectivity index (χ2n) is 4.24. The summed E-state index contributed by atoms with van der Waals surface area (Å²) in [6, 6.07) is 0. The Kier molecular flexibility index (Phi) is 3.87. The molecule has 108 valence electrons. The monoisotopic (exact) mass is 299 g/mol. The summed E-state index contributed by atoms with van der Waals surface area (Å²) in [6.45, 7) is 5.41. The molecule has 2 rings (SSSR count). The number of aromatic nitrogens is 4. The van der Waals surface area contributed by atoms with E-state index in [9.17, 15) is 4.57 Å². The van der Waals surface area contributed by atoms with Crippen molar-refractivity contribution in [2.24, 2.45) is 0 Å². The lowest BCUT2D eigenvalue weighted by molar-refractivity contribution is 0.0529. The summed E-state index contributed by atoms with van der Waals surface area (Å²) in [5, 5.41) is 0. The summed E-state index contributed by atoms with van der Waals surface area (Å²) in [7, 11) is -4.29. The number of hydrogen-bond acceptors (Lipinski definition) is 6. The SMILES string of the molecule is C=C(C)C(OCP(=O)(O)O)n1cnc2c(N)ncnc21. The van der Waals surface area contributed by atoms with Crippen LogP contribution in [0.4, 0.5) is 5.82 Å². The third-order valence-electron chi connectivity index (χ3n) is 2.46. The first-order valence-electron chi connectivity index (χ1n) is 5.54. The number of nitrogens with zero attached hydrogens (tertiary/aromatic N) is 4. The Morgan fingerprint density at radius 1 is 1.55 bits per heavy atom. The maximum atomic E-state index is 10.9. The first kappa shape index (κ1) is 14.6. The van der Waals surface area contributed by atoms with Gasteiger partial charge in [-0.05, 0) is 12.5 Å². The number of hydrogen-bond donors (Lipinski definition) is 3. The van der Waals surface area contributed by atoms with Crippen LogP contribution in [0.1, 0.15) is 13.2 Å². The minimum Gasteiger partial charge on any atom is -0.382 e. The van der Waals surface area contributed by atoms with Crippen LogP contribution in [0.15, 0.2) is 24.8 Å². The zero-order valence-electron chi connectivity index (χ0n) is 10.7. The van der Waals surface area contributed by atoms with Crippen molar-refractivity contribution in [3.05, 3.63) is 24.8 Å². The number of nitrogens with two attached hydrogens (primary N) is 1.